The van der Waals surface area contributed by atoms with E-state index < -0.39 is 30.0 Å². The number of amidine groups is 1. The van der Waals surface area contributed by atoms with Crippen molar-refractivity contribution < 1.29 is 27.9 Å². The molecule has 2 aliphatic heterocycles. The molecule has 8 heteroatoms. The highest BCUT2D eigenvalue weighted by molar-refractivity contribution is 6.11. The number of carbonyl (C=O) groups excluding carboxylic acids is 1. The zero-order valence-corrected chi connectivity index (χ0v) is 9.73. The predicted octanol–water partition coefficient (Wildman–Crippen LogP) is 1.48. The van der Waals surface area contributed by atoms with Crippen molar-refractivity contribution in [2.24, 2.45) is 4.99 Å². The van der Waals surface area contributed by atoms with Gasteiger partial charge in [0.15, 0.2) is 0 Å². The maximum Gasteiger partial charge on any atom is 0.423 e. The number of aliphatic carboxylic acids is 1. The number of amides is 1. The normalized spacial score (nSPS) is 26.7. The average Bonchev–Trinajstić information content (AvgIpc) is 2.27. The van der Waals surface area contributed by atoms with Gasteiger partial charge < -0.3 is 10.0 Å². The molecule has 102 valence electrons. The maximum absolute atomic E-state index is 13.2. The summed E-state index contributed by atoms with van der Waals surface area (Å²) in [6.07, 6.45) is -2.64. The summed E-state index contributed by atoms with van der Waals surface area (Å²) in [4.78, 5) is 26.6. The first-order valence-electron chi connectivity index (χ1n) is 5.26. The molecular formula is C11H9F3N2O3. The summed E-state index contributed by atoms with van der Waals surface area (Å²) in [7, 11) is 0. The number of aliphatic imine (C=N–C) groups is 1. The van der Waals surface area contributed by atoms with Crippen LogP contribution in [0.2, 0.25) is 0 Å². The van der Waals surface area contributed by atoms with Crippen molar-refractivity contribution in [1.29, 1.82) is 0 Å². The lowest BCUT2D eigenvalue weighted by molar-refractivity contribution is -0.226. The molecule has 2 aliphatic rings. The number of fused-ring (bicyclic) bond motifs is 1. The first-order chi connectivity index (χ1) is 8.70. The fourth-order valence-electron chi connectivity index (χ4n) is 2.06. The van der Waals surface area contributed by atoms with Crippen molar-refractivity contribution in [3.05, 3.63) is 23.9 Å². The molecule has 1 N–H and O–H groups in total. The van der Waals surface area contributed by atoms with Gasteiger partial charge in [0, 0.05) is 6.20 Å². The van der Waals surface area contributed by atoms with Crippen LogP contribution in [0.5, 0.6) is 0 Å². The van der Waals surface area contributed by atoms with Crippen molar-refractivity contribution in [3.8, 4) is 0 Å². The molecule has 0 radical (unpaired) electrons. The second-order valence-corrected chi connectivity index (χ2v) is 4.23. The Labute approximate surface area is 105 Å². The summed E-state index contributed by atoms with van der Waals surface area (Å²) in [5.41, 5.74) is -3.00. The van der Waals surface area contributed by atoms with Gasteiger partial charge in [-0.15, -0.1) is 0 Å². The summed E-state index contributed by atoms with van der Waals surface area (Å²) in [5, 5.41) is 9.05. The second-order valence-electron chi connectivity index (χ2n) is 4.23. The van der Waals surface area contributed by atoms with Crippen molar-refractivity contribution in [2.45, 2.75) is 25.1 Å². The van der Waals surface area contributed by atoms with Crippen LogP contribution in [0.15, 0.2) is 28.9 Å². The molecule has 0 bridgehead atoms. The molecule has 1 atom stereocenters. The van der Waals surface area contributed by atoms with Crippen LogP contribution in [0.1, 0.15) is 13.3 Å². The van der Waals surface area contributed by atoms with Gasteiger partial charge in [0.1, 0.15) is 5.84 Å². The van der Waals surface area contributed by atoms with Gasteiger partial charge in [0.05, 0.1) is 6.42 Å². The number of allylic oxidation sites excluding steroid dienone is 2. The maximum atomic E-state index is 13.2. The minimum absolute atomic E-state index is 0.279. The highest BCUT2D eigenvalue weighted by atomic mass is 19.4. The molecule has 0 saturated heterocycles. The fourth-order valence-corrected chi connectivity index (χ4v) is 2.06. The van der Waals surface area contributed by atoms with Crippen molar-refractivity contribution >= 4 is 17.7 Å². The van der Waals surface area contributed by atoms with Crippen molar-refractivity contribution in [2.75, 3.05) is 0 Å². The number of carboxylic acids is 1. The molecule has 0 aliphatic carbocycles. The zero-order chi connectivity index (χ0) is 14.4. The summed E-state index contributed by atoms with van der Waals surface area (Å²) >= 11 is 0. The Kier molecular flexibility index (Phi) is 2.76. The van der Waals surface area contributed by atoms with E-state index in [-0.39, 0.29) is 5.84 Å². The Morgan fingerprint density at radius 2 is 2.16 bits per heavy atom. The van der Waals surface area contributed by atoms with E-state index in [0.717, 1.165) is 6.20 Å². The first-order valence-corrected chi connectivity index (χ1v) is 5.26. The predicted molar refractivity (Wildman–Crippen MR) is 58.2 cm³/mol. The van der Waals surface area contributed by atoms with E-state index in [0.29, 0.717) is 10.5 Å². The van der Waals surface area contributed by atoms with Gasteiger partial charge in [-0.25, -0.2) is 4.79 Å². The molecule has 1 unspecified atom stereocenters. The SMILES string of the molecule is CC1=CC=CN2C1=NC(=O)CC2(C(=O)O)C(F)(F)F. The van der Waals surface area contributed by atoms with E-state index in [1.165, 1.54) is 19.1 Å². The molecule has 0 saturated carbocycles. The zero-order valence-electron chi connectivity index (χ0n) is 9.73. The Hall–Kier alpha value is -2.12. The van der Waals surface area contributed by atoms with E-state index in [4.69, 9.17) is 5.11 Å². The fraction of sp³-hybridized carbons (Fsp3) is 0.364. The average molecular weight is 274 g/mol. The van der Waals surface area contributed by atoms with Crippen LogP contribution in [0.25, 0.3) is 0 Å². The molecule has 0 spiro atoms. The number of alkyl halides is 3. The lowest BCUT2D eigenvalue weighted by Crippen LogP contribution is -2.66. The highest BCUT2D eigenvalue weighted by Crippen LogP contribution is 2.42. The Morgan fingerprint density at radius 3 is 2.68 bits per heavy atom. The molecule has 0 fully saturated rings. The minimum atomic E-state index is -5.11. The summed E-state index contributed by atoms with van der Waals surface area (Å²) in [5.74, 6) is -3.51. The van der Waals surface area contributed by atoms with E-state index in [1.54, 1.807) is 0 Å². The molecule has 0 aromatic rings. The third-order valence-corrected chi connectivity index (χ3v) is 3.03. The topological polar surface area (TPSA) is 70.0 Å². The number of hydrogen-bond donors (Lipinski definition) is 1. The van der Waals surface area contributed by atoms with Crippen LogP contribution in [0, 0.1) is 0 Å². The van der Waals surface area contributed by atoms with Crippen molar-refractivity contribution in [1.82, 2.24) is 4.90 Å². The Balaban J connectivity index is 2.68. The van der Waals surface area contributed by atoms with Gasteiger partial charge in [0.2, 0.25) is 5.54 Å². The molecular weight excluding hydrogens is 265 g/mol. The number of carbonyl (C=O) groups is 2. The smallest absolute Gasteiger partial charge is 0.423 e. The van der Waals surface area contributed by atoms with E-state index in [1.807, 2.05) is 0 Å². The number of hydrogen-bond acceptors (Lipinski definition) is 3. The summed E-state index contributed by atoms with van der Waals surface area (Å²) in [6, 6.07) is 0. The molecule has 5 nitrogen and oxygen atoms in total. The van der Waals surface area contributed by atoms with E-state index in [9.17, 15) is 22.8 Å². The largest absolute Gasteiger partial charge is 0.479 e. The standard InChI is InChI=1S/C11H9F3N2O3/c1-6-3-2-4-16-8(6)15-7(17)5-10(16,9(18)19)11(12,13)14/h2-4H,5H2,1H3,(H,18,19). The lowest BCUT2D eigenvalue weighted by atomic mass is 9.88. The van der Waals surface area contributed by atoms with E-state index >= 15 is 0 Å². The van der Waals surface area contributed by atoms with Gasteiger partial charge in [0.25, 0.3) is 5.91 Å². The molecule has 19 heavy (non-hydrogen) atoms. The molecule has 1 amide bonds. The van der Waals surface area contributed by atoms with Crippen molar-refractivity contribution in [3.63, 3.8) is 0 Å². The number of nitrogens with zero attached hydrogens (tertiary/aromatic N) is 2. The van der Waals surface area contributed by atoms with Gasteiger partial charge in [-0.2, -0.15) is 18.2 Å². The molecule has 0 aromatic heterocycles. The Bertz CT molecular complexity index is 548. The third kappa shape index (κ3) is 1.74. The number of halogens is 3. The minimum Gasteiger partial charge on any atom is -0.479 e. The summed E-state index contributed by atoms with van der Waals surface area (Å²) < 4.78 is 39.7. The first kappa shape index (κ1) is 13.3. The molecule has 2 heterocycles. The van der Waals surface area contributed by atoms with Crippen LogP contribution in [0.3, 0.4) is 0 Å². The van der Waals surface area contributed by atoms with Gasteiger partial charge >= 0.3 is 12.1 Å². The molecule has 0 aromatic carbocycles. The van der Waals surface area contributed by atoms with Crippen LogP contribution >= 0.6 is 0 Å². The second kappa shape index (κ2) is 3.94. The van der Waals surface area contributed by atoms with E-state index in [2.05, 4.69) is 4.99 Å². The third-order valence-electron chi connectivity index (χ3n) is 3.03. The molecule has 2 rings (SSSR count). The Morgan fingerprint density at radius 1 is 1.53 bits per heavy atom. The lowest BCUT2D eigenvalue weighted by Gasteiger charge is -2.43. The van der Waals surface area contributed by atoms with Gasteiger partial charge in [-0.3, -0.25) is 4.79 Å². The van der Waals surface area contributed by atoms with Crippen LogP contribution in [-0.4, -0.2) is 39.4 Å². The number of rotatable bonds is 1. The highest BCUT2D eigenvalue weighted by Gasteiger charge is 2.67. The van der Waals surface area contributed by atoms with Gasteiger partial charge in [-0.1, -0.05) is 6.08 Å². The summed E-state index contributed by atoms with van der Waals surface area (Å²) in [6.45, 7) is 1.46. The monoisotopic (exact) mass is 274 g/mol. The number of carboxylic acid groups (broad SMARTS) is 1. The quantitative estimate of drug-likeness (QED) is 0.786. The van der Waals surface area contributed by atoms with Crippen LogP contribution < -0.4 is 0 Å². The van der Waals surface area contributed by atoms with Crippen LogP contribution in [0.4, 0.5) is 13.2 Å². The van der Waals surface area contributed by atoms with Crippen LogP contribution in [-0.2, 0) is 9.59 Å². The van der Waals surface area contributed by atoms with Gasteiger partial charge in [-0.05, 0) is 18.6 Å².